The summed E-state index contributed by atoms with van der Waals surface area (Å²) in [5.41, 5.74) is 5.62. The molecule has 0 spiro atoms. The molecule has 1 aliphatic rings. The number of aliphatic hydroxyl groups excluding tert-OH is 1. The lowest BCUT2D eigenvalue weighted by Crippen LogP contribution is -2.45. The molecule has 17 nitrogen and oxygen atoms in total. The first-order valence-electron chi connectivity index (χ1n) is 11.6. The van der Waals surface area contributed by atoms with E-state index in [1.165, 1.54) is 38.1 Å². The second-order valence-electron chi connectivity index (χ2n) is 8.65. The van der Waals surface area contributed by atoms with Gasteiger partial charge in [-0.25, -0.2) is 14.2 Å². The Kier molecular flexibility index (Phi) is 9.52. The summed E-state index contributed by atoms with van der Waals surface area (Å²) in [5.74, 6) is -1.84. The molecule has 2 heterocycles. The summed E-state index contributed by atoms with van der Waals surface area (Å²) in [4.78, 5) is 52.9. The Morgan fingerprint density at radius 3 is 2.62 bits per heavy atom. The molecule has 1 unspecified atom stereocenters. The van der Waals surface area contributed by atoms with Gasteiger partial charge in [0.2, 0.25) is 0 Å². The average molecular weight is 582 g/mol. The summed E-state index contributed by atoms with van der Waals surface area (Å²) in [6.45, 7) is 1.93. The van der Waals surface area contributed by atoms with Crippen molar-refractivity contribution >= 4 is 19.7 Å². The number of carbonyl (C=O) groups is 2. The predicted octanol–water partition coefficient (Wildman–Crippen LogP) is 1.01. The molecular weight excluding hydrogens is 555 g/mol. The molecule has 40 heavy (non-hydrogen) atoms. The van der Waals surface area contributed by atoms with Gasteiger partial charge in [-0.3, -0.25) is 23.7 Å². The smallest absolute Gasteiger partial charge is 0.459 e. The molecule has 0 saturated carbocycles. The number of nitrogens with zero attached hydrogens (tertiary/aromatic N) is 4. The van der Waals surface area contributed by atoms with Crippen LogP contribution in [0.15, 0.2) is 51.2 Å². The normalized spacial score (nSPS) is 24.3. The standard InChI is InChI=1S/C22H27N6O11P/c1-12(18(31)35-3)25-40(34,39-14-8-6-5-7-13(14)19(32)36-4)37-11-15-17(30)22(2,26-27-23)20(38-15)28-10-9-16(29)24-21(28)33/h5-10,12,15,17,20,30H,11H2,1-4H3,(H,25,34)(H,24,29,33)/t12-,15+,17+,20+,22+,40?/m0/s1. The fourth-order valence-electron chi connectivity index (χ4n) is 3.88. The molecule has 0 bridgehead atoms. The monoisotopic (exact) mass is 582 g/mol. The van der Waals surface area contributed by atoms with Crippen molar-refractivity contribution in [2.75, 3.05) is 20.8 Å². The average Bonchev–Trinajstić information content (AvgIpc) is 3.16. The van der Waals surface area contributed by atoms with Gasteiger partial charge >= 0.3 is 25.4 Å². The van der Waals surface area contributed by atoms with E-state index in [1.54, 1.807) is 0 Å². The number of para-hydroxylation sites is 1. The largest absolute Gasteiger partial charge is 0.468 e. The van der Waals surface area contributed by atoms with Crippen molar-refractivity contribution in [1.29, 1.82) is 0 Å². The van der Waals surface area contributed by atoms with E-state index >= 15 is 0 Å². The highest BCUT2D eigenvalue weighted by atomic mass is 31.2. The van der Waals surface area contributed by atoms with Gasteiger partial charge in [-0.15, -0.1) is 0 Å². The SMILES string of the molecule is COC(=O)c1ccccc1OP(=O)(N[C@@H](C)C(=O)OC)OC[C@H]1O[C@@H](n2ccc(=O)[nH]c2=O)[C@](C)(N=[N+]=[N-])[C@@H]1O. The summed E-state index contributed by atoms with van der Waals surface area (Å²) in [6, 6.07) is 5.44. The van der Waals surface area contributed by atoms with Gasteiger partial charge in [0.1, 0.15) is 29.0 Å². The van der Waals surface area contributed by atoms with E-state index in [0.717, 1.165) is 31.0 Å². The maximum absolute atomic E-state index is 13.8. The summed E-state index contributed by atoms with van der Waals surface area (Å²) < 4.78 is 41.0. The van der Waals surface area contributed by atoms with Crippen molar-refractivity contribution in [3.05, 3.63) is 73.4 Å². The first-order valence-corrected chi connectivity index (χ1v) is 13.1. The lowest BCUT2D eigenvalue weighted by Gasteiger charge is -2.28. The Bertz CT molecular complexity index is 1470. The quantitative estimate of drug-likeness (QED) is 0.111. The van der Waals surface area contributed by atoms with E-state index in [2.05, 4.69) is 19.9 Å². The number of rotatable bonds is 11. The van der Waals surface area contributed by atoms with Crippen LogP contribution in [0.3, 0.4) is 0 Å². The van der Waals surface area contributed by atoms with Crippen LogP contribution in [0.25, 0.3) is 10.4 Å². The molecule has 216 valence electrons. The third-order valence-corrected chi connectivity index (χ3v) is 7.57. The molecule has 1 saturated heterocycles. The van der Waals surface area contributed by atoms with Crippen LogP contribution in [-0.2, 0) is 28.1 Å². The third-order valence-electron chi connectivity index (χ3n) is 5.94. The highest BCUT2D eigenvalue weighted by Gasteiger charge is 2.55. The number of azide groups is 1. The van der Waals surface area contributed by atoms with Gasteiger partial charge in [-0.2, -0.15) is 5.09 Å². The van der Waals surface area contributed by atoms with Crippen LogP contribution in [-0.4, -0.2) is 71.2 Å². The van der Waals surface area contributed by atoms with E-state index in [0.29, 0.717) is 0 Å². The minimum Gasteiger partial charge on any atom is -0.468 e. The zero-order chi connectivity index (χ0) is 29.7. The fourth-order valence-corrected chi connectivity index (χ4v) is 5.40. The van der Waals surface area contributed by atoms with E-state index in [4.69, 9.17) is 24.1 Å². The predicted molar refractivity (Wildman–Crippen MR) is 135 cm³/mol. The second kappa shape index (κ2) is 12.5. The van der Waals surface area contributed by atoms with Crippen molar-refractivity contribution in [2.45, 2.75) is 43.9 Å². The lowest BCUT2D eigenvalue weighted by molar-refractivity contribution is -0.142. The number of aromatic amines is 1. The molecule has 1 fully saturated rings. The summed E-state index contributed by atoms with van der Waals surface area (Å²) in [5, 5.41) is 17.0. The van der Waals surface area contributed by atoms with Crippen LogP contribution < -0.4 is 20.9 Å². The van der Waals surface area contributed by atoms with Crippen molar-refractivity contribution in [3.8, 4) is 5.75 Å². The van der Waals surface area contributed by atoms with E-state index < -0.39 is 67.6 Å². The minimum atomic E-state index is -4.55. The number of methoxy groups -OCH3 is 2. The molecule has 3 N–H and O–H groups in total. The van der Waals surface area contributed by atoms with Crippen LogP contribution in [0.1, 0.15) is 30.4 Å². The number of hydrogen-bond donors (Lipinski definition) is 3. The molecule has 0 radical (unpaired) electrons. The topological polar surface area (TPSA) is 233 Å². The zero-order valence-corrected chi connectivity index (χ0v) is 22.6. The maximum Gasteiger partial charge on any atom is 0.459 e. The van der Waals surface area contributed by atoms with Gasteiger partial charge in [0.15, 0.2) is 6.23 Å². The second-order valence-corrected chi connectivity index (χ2v) is 10.3. The summed E-state index contributed by atoms with van der Waals surface area (Å²) >= 11 is 0. The van der Waals surface area contributed by atoms with Crippen LogP contribution in [0.5, 0.6) is 5.75 Å². The van der Waals surface area contributed by atoms with Crippen LogP contribution in [0.4, 0.5) is 0 Å². The fraction of sp³-hybridized carbons (Fsp3) is 0.455. The molecular formula is C22H27N6O11P. The Labute approximate surface area is 226 Å². The van der Waals surface area contributed by atoms with Gasteiger partial charge in [-0.1, -0.05) is 17.2 Å². The number of benzene rings is 1. The minimum absolute atomic E-state index is 0.105. The van der Waals surface area contributed by atoms with Gasteiger partial charge in [-0.05, 0) is 31.5 Å². The first kappa shape index (κ1) is 30.6. The number of hydrogen-bond acceptors (Lipinski definition) is 12. The maximum atomic E-state index is 13.8. The number of aliphatic hydroxyl groups is 1. The Morgan fingerprint density at radius 1 is 1.30 bits per heavy atom. The Balaban J connectivity index is 1.94. The van der Waals surface area contributed by atoms with Crippen molar-refractivity contribution < 1.29 is 42.5 Å². The first-order chi connectivity index (χ1) is 18.9. The van der Waals surface area contributed by atoms with Gasteiger partial charge in [0.05, 0.1) is 26.9 Å². The van der Waals surface area contributed by atoms with Gasteiger partial charge < -0.3 is 23.8 Å². The highest BCUT2D eigenvalue weighted by molar-refractivity contribution is 7.52. The third kappa shape index (κ3) is 6.42. The van der Waals surface area contributed by atoms with Gasteiger partial charge in [0, 0.05) is 17.2 Å². The molecule has 18 heteroatoms. The number of aromatic nitrogens is 2. The lowest BCUT2D eigenvalue weighted by atomic mass is 9.93. The van der Waals surface area contributed by atoms with Crippen LogP contribution in [0.2, 0.25) is 0 Å². The zero-order valence-electron chi connectivity index (χ0n) is 21.7. The van der Waals surface area contributed by atoms with Crippen LogP contribution >= 0.6 is 7.75 Å². The van der Waals surface area contributed by atoms with Crippen LogP contribution in [0, 0.1) is 0 Å². The van der Waals surface area contributed by atoms with Crippen molar-refractivity contribution in [2.24, 2.45) is 5.11 Å². The molecule has 3 rings (SSSR count). The molecule has 1 aromatic heterocycles. The molecule has 0 amide bonds. The highest BCUT2D eigenvalue weighted by Crippen LogP contribution is 2.48. The van der Waals surface area contributed by atoms with E-state index in [-0.39, 0.29) is 11.3 Å². The number of H-pyrrole nitrogens is 1. The summed E-state index contributed by atoms with van der Waals surface area (Å²) in [6.07, 6.45) is -3.33. The molecule has 0 aliphatic carbocycles. The summed E-state index contributed by atoms with van der Waals surface area (Å²) in [7, 11) is -2.31. The number of esters is 2. The molecule has 1 aromatic carbocycles. The van der Waals surface area contributed by atoms with E-state index in [9.17, 15) is 28.8 Å². The van der Waals surface area contributed by atoms with Gasteiger partial charge in [0.25, 0.3) is 5.56 Å². The number of ether oxygens (including phenoxy) is 3. The Hall–Kier alpha value is -3.98. The Morgan fingerprint density at radius 2 is 2.00 bits per heavy atom. The molecule has 1 aliphatic heterocycles. The molecule has 6 atom stereocenters. The number of carbonyl (C=O) groups excluding carboxylic acids is 2. The number of nitrogens with one attached hydrogen (secondary N) is 2. The van der Waals surface area contributed by atoms with Crippen molar-refractivity contribution in [1.82, 2.24) is 14.6 Å². The molecule has 2 aromatic rings. The van der Waals surface area contributed by atoms with Crippen molar-refractivity contribution in [3.63, 3.8) is 0 Å². The van der Waals surface area contributed by atoms with E-state index in [1.807, 2.05) is 4.98 Å².